The molecule has 1 aromatic carbocycles. The highest BCUT2D eigenvalue weighted by molar-refractivity contribution is 5.93. The molecule has 0 aromatic heterocycles. The SMILES string of the molecule is CCCCCCC(C)OCc1ccc(C(=O)NN)cc1. The van der Waals surface area contributed by atoms with Crippen molar-refractivity contribution in [3.8, 4) is 0 Å². The topological polar surface area (TPSA) is 64.3 Å². The van der Waals surface area contributed by atoms with Crippen molar-refractivity contribution in [3.63, 3.8) is 0 Å². The number of nitrogens with one attached hydrogen (secondary N) is 1. The number of nitrogens with two attached hydrogens (primary N) is 1. The summed E-state index contributed by atoms with van der Waals surface area (Å²) in [5.74, 6) is 4.81. The lowest BCUT2D eigenvalue weighted by Crippen LogP contribution is -2.29. The molecule has 0 aliphatic rings. The molecule has 0 radical (unpaired) electrons. The Hall–Kier alpha value is -1.39. The van der Waals surface area contributed by atoms with Crippen molar-refractivity contribution < 1.29 is 9.53 Å². The standard InChI is InChI=1S/C16H26N2O2/c1-3-4-5-6-7-13(2)20-12-14-8-10-15(11-9-14)16(19)18-17/h8-11,13H,3-7,12,17H2,1-2H3,(H,18,19). The summed E-state index contributed by atoms with van der Waals surface area (Å²) in [7, 11) is 0. The Kier molecular flexibility index (Phi) is 7.92. The van der Waals surface area contributed by atoms with Crippen LogP contribution in [0.25, 0.3) is 0 Å². The number of benzene rings is 1. The Morgan fingerprint density at radius 3 is 2.55 bits per heavy atom. The molecular weight excluding hydrogens is 252 g/mol. The van der Waals surface area contributed by atoms with E-state index in [0.29, 0.717) is 12.2 Å². The Balaban J connectivity index is 2.29. The summed E-state index contributed by atoms with van der Waals surface area (Å²) in [6.07, 6.45) is 6.46. The Bertz CT molecular complexity index is 390. The summed E-state index contributed by atoms with van der Waals surface area (Å²) in [6, 6.07) is 7.31. The number of unbranched alkanes of at least 4 members (excludes halogenated alkanes) is 3. The normalized spacial score (nSPS) is 12.2. The van der Waals surface area contributed by atoms with E-state index < -0.39 is 0 Å². The lowest BCUT2D eigenvalue weighted by atomic mass is 10.1. The number of ether oxygens (including phenoxy) is 1. The maximum atomic E-state index is 11.3. The molecule has 0 spiro atoms. The number of amides is 1. The first-order chi connectivity index (χ1) is 9.67. The van der Waals surface area contributed by atoms with Gasteiger partial charge in [-0.15, -0.1) is 0 Å². The van der Waals surface area contributed by atoms with E-state index in [2.05, 4.69) is 19.3 Å². The molecule has 0 heterocycles. The quantitative estimate of drug-likeness (QED) is 0.315. The first-order valence-corrected chi connectivity index (χ1v) is 7.38. The predicted octanol–water partition coefficient (Wildman–Crippen LogP) is 3.17. The van der Waals surface area contributed by atoms with Gasteiger partial charge in [0.15, 0.2) is 0 Å². The van der Waals surface area contributed by atoms with Gasteiger partial charge in [-0.3, -0.25) is 10.2 Å². The first kappa shape index (κ1) is 16.7. The van der Waals surface area contributed by atoms with Crippen molar-refractivity contribution in [1.82, 2.24) is 5.43 Å². The van der Waals surface area contributed by atoms with E-state index >= 15 is 0 Å². The summed E-state index contributed by atoms with van der Waals surface area (Å²) in [6.45, 7) is 4.91. The molecule has 4 nitrogen and oxygen atoms in total. The van der Waals surface area contributed by atoms with Gasteiger partial charge < -0.3 is 4.74 Å². The summed E-state index contributed by atoms with van der Waals surface area (Å²) >= 11 is 0. The van der Waals surface area contributed by atoms with Gasteiger partial charge in [-0.25, -0.2) is 5.84 Å². The van der Waals surface area contributed by atoms with E-state index in [4.69, 9.17) is 10.6 Å². The van der Waals surface area contributed by atoms with Gasteiger partial charge in [-0.2, -0.15) is 0 Å². The molecule has 1 atom stereocenters. The molecule has 1 unspecified atom stereocenters. The minimum Gasteiger partial charge on any atom is -0.374 e. The van der Waals surface area contributed by atoms with Gasteiger partial charge in [-0.05, 0) is 31.0 Å². The molecule has 3 N–H and O–H groups in total. The number of nitrogen functional groups attached to an aromatic ring is 1. The largest absolute Gasteiger partial charge is 0.374 e. The highest BCUT2D eigenvalue weighted by Gasteiger charge is 2.05. The monoisotopic (exact) mass is 278 g/mol. The predicted molar refractivity (Wildman–Crippen MR) is 81.1 cm³/mol. The van der Waals surface area contributed by atoms with Crippen molar-refractivity contribution in [2.75, 3.05) is 0 Å². The molecule has 0 saturated carbocycles. The van der Waals surface area contributed by atoms with E-state index in [-0.39, 0.29) is 12.0 Å². The second-order valence-electron chi connectivity index (χ2n) is 5.14. The molecule has 1 aromatic rings. The van der Waals surface area contributed by atoms with Gasteiger partial charge in [0.25, 0.3) is 5.91 Å². The third-order valence-corrected chi connectivity index (χ3v) is 3.35. The second-order valence-corrected chi connectivity index (χ2v) is 5.14. The average molecular weight is 278 g/mol. The zero-order valence-corrected chi connectivity index (χ0v) is 12.5. The van der Waals surface area contributed by atoms with Crippen LogP contribution < -0.4 is 11.3 Å². The van der Waals surface area contributed by atoms with Crippen molar-refractivity contribution in [3.05, 3.63) is 35.4 Å². The highest BCUT2D eigenvalue weighted by atomic mass is 16.5. The molecule has 4 heteroatoms. The van der Waals surface area contributed by atoms with Gasteiger partial charge in [0.2, 0.25) is 0 Å². The molecule has 0 aliphatic carbocycles. The van der Waals surface area contributed by atoms with Crippen LogP contribution >= 0.6 is 0 Å². The Morgan fingerprint density at radius 2 is 1.95 bits per heavy atom. The number of rotatable bonds is 9. The van der Waals surface area contributed by atoms with Gasteiger partial charge >= 0.3 is 0 Å². The van der Waals surface area contributed by atoms with Crippen LogP contribution in [0, 0.1) is 0 Å². The zero-order valence-electron chi connectivity index (χ0n) is 12.5. The van der Waals surface area contributed by atoms with Gasteiger partial charge in [0, 0.05) is 5.56 Å². The van der Waals surface area contributed by atoms with Crippen LogP contribution in [0.15, 0.2) is 24.3 Å². The smallest absolute Gasteiger partial charge is 0.265 e. The summed E-state index contributed by atoms with van der Waals surface area (Å²) in [5, 5.41) is 0. The number of hydrogen-bond acceptors (Lipinski definition) is 3. The molecule has 1 amide bonds. The summed E-state index contributed by atoms with van der Waals surface area (Å²) in [5.41, 5.74) is 3.74. The van der Waals surface area contributed by atoms with Crippen molar-refractivity contribution in [2.45, 2.75) is 58.7 Å². The third-order valence-electron chi connectivity index (χ3n) is 3.35. The summed E-state index contributed by atoms with van der Waals surface area (Å²) in [4.78, 5) is 11.3. The Labute approximate surface area is 121 Å². The zero-order chi connectivity index (χ0) is 14.8. The summed E-state index contributed by atoms with van der Waals surface area (Å²) < 4.78 is 5.81. The van der Waals surface area contributed by atoms with Crippen molar-refractivity contribution in [1.29, 1.82) is 0 Å². The number of carbonyl (C=O) groups excluding carboxylic acids is 1. The van der Waals surface area contributed by atoms with Crippen LogP contribution in [0.1, 0.15) is 61.9 Å². The lowest BCUT2D eigenvalue weighted by Gasteiger charge is -2.13. The fourth-order valence-electron chi connectivity index (χ4n) is 2.02. The molecule has 112 valence electrons. The van der Waals surface area contributed by atoms with Crippen molar-refractivity contribution in [2.24, 2.45) is 5.84 Å². The molecular formula is C16H26N2O2. The minimum atomic E-state index is -0.276. The average Bonchev–Trinajstić information content (AvgIpc) is 2.49. The molecule has 0 bridgehead atoms. The van der Waals surface area contributed by atoms with Gasteiger partial charge in [-0.1, -0.05) is 44.7 Å². The van der Waals surface area contributed by atoms with Crippen LogP contribution in [0.2, 0.25) is 0 Å². The molecule has 0 saturated heterocycles. The van der Waals surface area contributed by atoms with E-state index in [9.17, 15) is 4.79 Å². The van der Waals surface area contributed by atoms with E-state index in [1.807, 2.05) is 12.1 Å². The fourth-order valence-corrected chi connectivity index (χ4v) is 2.02. The van der Waals surface area contributed by atoms with Gasteiger partial charge in [0.1, 0.15) is 0 Å². The van der Waals surface area contributed by atoms with E-state index in [1.165, 1.54) is 25.7 Å². The highest BCUT2D eigenvalue weighted by Crippen LogP contribution is 2.11. The van der Waals surface area contributed by atoms with E-state index in [1.54, 1.807) is 12.1 Å². The maximum absolute atomic E-state index is 11.3. The lowest BCUT2D eigenvalue weighted by molar-refractivity contribution is 0.0459. The Morgan fingerprint density at radius 1 is 1.25 bits per heavy atom. The molecule has 0 fully saturated rings. The number of hydrogen-bond donors (Lipinski definition) is 2. The van der Waals surface area contributed by atoms with Crippen molar-refractivity contribution >= 4 is 5.91 Å². The minimum absolute atomic E-state index is 0.276. The van der Waals surface area contributed by atoms with Gasteiger partial charge in [0.05, 0.1) is 12.7 Å². The molecule has 1 rings (SSSR count). The third kappa shape index (κ3) is 6.17. The van der Waals surface area contributed by atoms with Crippen LogP contribution in [0.5, 0.6) is 0 Å². The second kappa shape index (κ2) is 9.50. The number of hydrazine groups is 1. The van der Waals surface area contributed by atoms with Crippen LogP contribution in [-0.2, 0) is 11.3 Å². The number of carbonyl (C=O) groups is 1. The fraction of sp³-hybridized carbons (Fsp3) is 0.562. The van der Waals surface area contributed by atoms with Crippen LogP contribution in [0.4, 0.5) is 0 Å². The van der Waals surface area contributed by atoms with Crippen LogP contribution in [-0.4, -0.2) is 12.0 Å². The molecule has 0 aliphatic heterocycles. The van der Waals surface area contributed by atoms with Crippen LogP contribution in [0.3, 0.4) is 0 Å². The molecule has 20 heavy (non-hydrogen) atoms. The maximum Gasteiger partial charge on any atom is 0.265 e. The first-order valence-electron chi connectivity index (χ1n) is 7.38. The van der Waals surface area contributed by atoms with E-state index in [0.717, 1.165) is 12.0 Å².